The van der Waals surface area contributed by atoms with Crippen LogP contribution in [0.4, 0.5) is 0 Å². The Balaban J connectivity index is 1.78. The Hall–Kier alpha value is -1.39. The highest BCUT2D eigenvalue weighted by Crippen LogP contribution is 2.33. The van der Waals surface area contributed by atoms with Crippen molar-refractivity contribution in [3.63, 3.8) is 0 Å². The van der Waals surface area contributed by atoms with Gasteiger partial charge in [0.15, 0.2) is 0 Å². The van der Waals surface area contributed by atoms with Crippen molar-refractivity contribution < 1.29 is 4.74 Å². The lowest BCUT2D eigenvalue weighted by Crippen LogP contribution is -2.14. The molecule has 94 valence electrons. The largest absolute Gasteiger partial charge is 0.496 e. The molecule has 1 fully saturated rings. The van der Waals surface area contributed by atoms with Gasteiger partial charge in [-0.15, -0.1) is 11.3 Å². The molecule has 1 aliphatic rings. The summed E-state index contributed by atoms with van der Waals surface area (Å²) < 4.78 is 5.38. The summed E-state index contributed by atoms with van der Waals surface area (Å²) in [6.07, 6.45) is 4.56. The summed E-state index contributed by atoms with van der Waals surface area (Å²) in [5.74, 6) is 0.905. The van der Waals surface area contributed by atoms with E-state index in [1.807, 2.05) is 24.4 Å². The molecule has 0 saturated heterocycles. The highest BCUT2D eigenvalue weighted by molar-refractivity contribution is 7.15. The number of nitrogens with one attached hydrogen (secondary N) is 1. The van der Waals surface area contributed by atoms with Crippen LogP contribution in [-0.2, 0) is 6.54 Å². The zero-order valence-electron chi connectivity index (χ0n) is 10.3. The van der Waals surface area contributed by atoms with Crippen molar-refractivity contribution in [2.45, 2.75) is 25.4 Å². The monoisotopic (exact) mass is 260 g/mol. The first-order valence-corrected chi connectivity index (χ1v) is 7.00. The number of methoxy groups -OCH3 is 1. The molecule has 1 heterocycles. The van der Waals surface area contributed by atoms with Crippen molar-refractivity contribution in [3.05, 3.63) is 35.5 Å². The number of aromatic nitrogens is 1. The lowest BCUT2D eigenvalue weighted by Gasteiger charge is -2.04. The van der Waals surface area contributed by atoms with Gasteiger partial charge in [-0.05, 0) is 25.0 Å². The summed E-state index contributed by atoms with van der Waals surface area (Å²) in [6.45, 7) is 0.879. The molecule has 0 unspecified atom stereocenters. The van der Waals surface area contributed by atoms with Crippen LogP contribution in [0, 0.1) is 0 Å². The maximum absolute atomic E-state index is 5.38. The Morgan fingerprint density at radius 2 is 2.22 bits per heavy atom. The van der Waals surface area contributed by atoms with Crippen LogP contribution in [0.5, 0.6) is 5.75 Å². The predicted octanol–water partition coefficient (Wildman–Crippen LogP) is 3.07. The van der Waals surface area contributed by atoms with Gasteiger partial charge in [-0.3, -0.25) is 0 Å². The summed E-state index contributed by atoms with van der Waals surface area (Å²) in [6, 6.07) is 8.80. The van der Waals surface area contributed by atoms with E-state index in [0.29, 0.717) is 0 Å². The van der Waals surface area contributed by atoms with Crippen molar-refractivity contribution in [3.8, 4) is 16.2 Å². The number of ether oxygens (including phenoxy) is 1. The van der Waals surface area contributed by atoms with E-state index >= 15 is 0 Å². The molecule has 1 aliphatic carbocycles. The number of para-hydroxylation sites is 1. The van der Waals surface area contributed by atoms with E-state index in [-0.39, 0.29) is 0 Å². The Bertz CT molecular complexity index is 534. The van der Waals surface area contributed by atoms with Crippen LogP contribution in [-0.4, -0.2) is 18.1 Å². The molecule has 0 atom stereocenters. The first-order chi connectivity index (χ1) is 8.86. The lowest BCUT2D eigenvalue weighted by molar-refractivity contribution is 0.416. The van der Waals surface area contributed by atoms with E-state index in [2.05, 4.69) is 16.4 Å². The minimum absolute atomic E-state index is 0.726. The number of hydrogen-bond acceptors (Lipinski definition) is 4. The van der Waals surface area contributed by atoms with Crippen molar-refractivity contribution in [1.29, 1.82) is 0 Å². The first-order valence-electron chi connectivity index (χ1n) is 6.18. The molecule has 0 amide bonds. The van der Waals surface area contributed by atoms with E-state index in [0.717, 1.165) is 28.9 Å². The fraction of sp³-hybridized carbons (Fsp3) is 0.357. The summed E-state index contributed by atoms with van der Waals surface area (Å²) in [7, 11) is 1.70. The van der Waals surface area contributed by atoms with E-state index in [1.54, 1.807) is 18.4 Å². The molecule has 0 aliphatic heterocycles. The molecule has 2 aromatic rings. The molecule has 1 N–H and O–H groups in total. The Labute approximate surface area is 111 Å². The minimum atomic E-state index is 0.726. The second-order valence-corrected chi connectivity index (χ2v) is 5.59. The quantitative estimate of drug-likeness (QED) is 0.897. The van der Waals surface area contributed by atoms with Gasteiger partial charge in [0.25, 0.3) is 0 Å². The number of nitrogens with zero attached hydrogens (tertiary/aromatic N) is 1. The predicted molar refractivity (Wildman–Crippen MR) is 74.0 cm³/mol. The van der Waals surface area contributed by atoms with Gasteiger partial charge in [-0.2, -0.15) is 0 Å². The highest BCUT2D eigenvalue weighted by atomic mass is 32.1. The van der Waals surface area contributed by atoms with Crippen LogP contribution in [0.25, 0.3) is 10.4 Å². The Morgan fingerprint density at radius 1 is 1.39 bits per heavy atom. The van der Waals surface area contributed by atoms with Crippen molar-refractivity contribution in [2.75, 3.05) is 7.11 Å². The SMILES string of the molecule is COc1ccccc1-c1cnc(CNC2CC2)s1. The van der Waals surface area contributed by atoms with Gasteiger partial charge in [0.2, 0.25) is 0 Å². The van der Waals surface area contributed by atoms with Crippen molar-refractivity contribution >= 4 is 11.3 Å². The van der Waals surface area contributed by atoms with Crippen LogP contribution in [0.15, 0.2) is 30.5 Å². The third-order valence-electron chi connectivity index (χ3n) is 3.05. The molecule has 1 aromatic heterocycles. The van der Waals surface area contributed by atoms with Crippen LogP contribution in [0.1, 0.15) is 17.8 Å². The highest BCUT2D eigenvalue weighted by Gasteiger charge is 2.20. The molecule has 0 spiro atoms. The normalized spacial score (nSPS) is 14.7. The lowest BCUT2D eigenvalue weighted by atomic mass is 10.2. The summed E-state index contributed by atoms with van der Waals surface area (Å²) in [5.41, 5.74) is 1.12. The standard InChI is InChI=1S/C14H16N2OS/c1-17-12-5-3-2-4-11(12)13-8-16-14(18-13)9-15-10-6-7-10/h2-5,8,10,15H,6-7,9H2,1H3. The first kappa shape index (κ1) is 11.7. The molecule has 1 saturated carbocycles. The third-order valence-corrected chi connectivity index (χ3v) is 4.08. The van der Waals surface area contributed by atoms with Crippen LogP contribution in [0.3, 0.4) is 0 Å². The van der Waals surface area contributed by atoms with Crippen LogP contribution < -0.4 is 10.1 Å². The number of rotatable bonds is 5. The van der Waals surface area contributed by atoms with Gasteiger partial charge in [-0.25, -0.2) is 4.98 Å². The number of benzene rings is 1. The average Bonchev–Trinajstić information content (AvgIpc) is 3.13. The van der Waals surface area contributed by atoms with Gasteiger partial charge in [-0.1, -0.05) is 12.1 Å². The fourth-order valence-corrected chi connectivity index (χ4v) is 2.78. The topological polar surface area (TPSA) is 34.1 Å². The third kappa shape index (κ3) is 2.54. The van der Waals surface area contributed by atoms with Gasteiger partial charge in [0.1, 0.15) is 10.8 Å². The van der Waals surface area contributed by atoms with E-state index in [9.17, 15) is 0 Å². The zero-order valence-corrected chi connectivity index (χ0v) is 11.2. The summed E-state index contributed by atoms with van der Waals surface area (Å²) >= 11 is 1.73. The average molecular weight is 260 g/mol. The summed E-state index contributed by atoms with van der Waals surface area (Å²) in [5, 5.41) is 4.62. The number of hydrogen-bond donors (Lipinski definition) is 1. The minimum Gasteiger partial charge on any atom is -0.496 e. The number of thiazole rings is 1. The molecule has 0 bridgehead atoms. The second-order valence-electron chi connectivity index (χ2n) is 4.47. The second kappa shape index (κ2) is 5.08. The van der Waals surface area contributed by atoms with Crippen LogP contribution in [0.2, 0.25) is 0 Å². The molecule has 18 heavy (non-hydrogen) atoms. The molecule has 3 nitrogen and oxygen atoms in total. The maximum Gasteiger partial charge on any atom is 0.127 e. The van der Waals surface area contributed by atoms with Crippen molar-refractivity contribution in [2.24, 2.45) is 0 Å². The van der Waals surface area contributed by atoms with Gasteiger partial charge in [0.05, 0.1) is 12.0 Å². The van der Waals surface area contributed by atoms with Gasteiger partial charge < -0.3 is 10.1 Å². The zero-order chi connectivity index (χ0) is 12.4. The van der Waals surface area contributed by atoms with Gasteiger partial charge in [0, 0.05) is 24.3 Å². The van der Waals surface area contributed by atoms with E-state index in [1.165, 1.54) is 17.7 Å². The molecular weight excluding hydrogens is 244 g/mol. The van der Waals surface area contributed by atoms with Crippen molar-refractivity contribution in [1.82, 2.24) is 10.3 Å². The maximum atomic E-state index is 5.38. The Morgan fingerprint density at radius 3 is 3.00 bits per heavy atom. The smallest absolute Gasteiger partial charge is 0.127 e. The van der Waals surface area contributed by atoms with E-state index in [4.69, 9.17) is 4.74 Å². The molecule has 4 heteroatoms. The van der Waals surface area contributed by atoms with Crippen LogP contribution >= 0.6 is 11.3 Å². The molecule has 1 aromatic carbocycles. The fourth-order valence-electron chi connectivity index (χ4n) is 1.88. The van der Waals surface area contributed by atoms with E-state index < -0.39 is 0 Å². The summed E-state index contributed by atoms with van der Waals surface area (Å²) in [4.78, 5) is 5.63. The Kier molecular flexibility index (Phi) is 3.30. The molecular formula is C14H16N2OS. The molecule has 0 radical (unpaired) electrons. The van der Waals surface area contributed by atoms with Gasteiger partial charge >= 0.3 is 0 Å². The molecule has 3 rings (SSSR count).